The molecule has 0 spiro atoms. The van der Waals surface area contributed by atoms with Gasteiger partial charge in [0, 0.05) is 17.3 Å². The first-order valence-corrected chi connectivity index (χ1v) is 7.61. The molecule has 2 heterocycles. The molecule has 6 nitrogen and oxygen atoms in total. The summed E-state index contributed by atoms with van der Waals surface area (Å²) in [6.07, 6.45) is 3.27. The molecule has 0 unspecified atom stereocenters. The van der Waals surface area contributed by atoms with Gasteiger partial charge in [0.25, 0.3) is 0 Å². The number of rotatable bonds is 4. The summed E-state index contributed by atoms with van der Waals surface area (Å²) in [5.74, 6) is 0.533. The molecule has 0 radical (unpaired) electrons. The van der Waals surface area contributed by atoms with Gasteiger partial charge in [-0.05, 0) is 36.4 Å². The molecule has 122 valence electrons. The molecule has 7 heteroatoms. The number of hydrogen-bond donors (Lipinski definition) is 2. The minimum atomic E-state index is -0.302. The largest absolute Gasteiger partial charge is 0.337 e. The molecule has 0 amide bonds. The van der Waals surface area contributed by atoms with Crippen molar-refractivity contribution in [3.05, 3.63) is 72.8 Å². The third kappa shape index (κ3) is 3.35. The van der Waals surface area contributed by atoms with Gasteiger partial charge < -0.3 is 10.6 Å². The van der Waals surface area contributed by atoms with E-state index < -0.39 is 0 Å². The highest BCUT2D eigenvalue weighted by Crippen LogP contribution is 2.24. The van der Waals surface area contributed by atoms with Crippen molar-refractivity contribution in [2.24, 2.45) is 0 Å². The van der Waals surface area contributed by atoms with Crippen LogP contribution in [0, 0.1) is 5.82 Å². The van der Waals surface area contributed by atoms with Gasteiger partial charge in [-0.25, -0.2) is 4.39 Å². The summed E-state index contributed by atoms with van der Waals surface area (Å²) in [4.78, 5) is 8.77. The quantitative estimate of drug-likeness (QED) is 0.587. The lowest BCUT2D eigenvalue weighted by atomic mass is 10.2. The van der Waals surface area contributed by atoms with Crippen LogP contribution < -0.4 is 10.6 Å². The van der Waals surface area contributed by atoms with Crippen molar-refractivity contribution in [2.45, 2.75) is 0 Å². The summed E-state index contributed by atoms with van der Waals surface area (Å²) in [6.45, 7) is 0. The van der Waals surface area contributed by atoms with E-state index in [4.69, 9.17) is 0 Å². The van der Waals surface area contributed by atoms with Crippen LogP contribution in [-0.2, 0) is 0 Å². The van der Waals surface area contributed by atoms with Gasteiger partial charge in [-0.2, -0.15) is 10.1 Å². The molecular weight excluding hydrogens is 319 g/mol. The van der Waals surface area contributed by atoms with Crippen molar-refractivity contribution in [3.63, 3.8) is 0 Å². The van der Waals surface area contributed by atoms with E-state index in [0.717, 1.165) is 16.6 Å². The first kappa shape index (κ1) is 14.9. The summed E-state index contributed by atoms with van der Waals surface area (Å²) >= 11 is 0. The summed E-state index contributed by atoms with van der Waals surface area (Å²) in [5.41, 5.74) is 2.34. The molecule has 0 bridgehead atoms. The Labute approximate surface area is 142 Å². The Morgan fingerprint density at radius 3 is 2.60 bits per heavy atom. The molecule has 0 fully saturated rings. The number of hydrogen-bond acceptors (Lipinski definition) is 6. The molecule has 0 atom stereocenters. The molecular formula is C18H13FN6. The Morgan fingerprint density at radius 2 is 1.72 bits per heavy atom. The van der Waals surface area contributed by atoms with Gasteiger partial charge in [0.15, 0.2) is 5.82 Å². The van der Waals surface area contributed by atoms with Crippen LogP contribution in [0.15, 0.2) is 67.0 Å². The van der Waals surface area contributed by atoms with Crippen molar-refractivity contribution in [2.75, 3.05) is 10.6 Å². The van der Waals surface area contributed by atoms with Gasteiger partial charge in [0.05, 0.1) is 17.4 Å². The van der Waals surface area contributed by atoms with E-state index in [1.807, 2.05) is 30.3 Å². The first-order valence-electron chi connectivity index (χ1n) is 7.61. The normalized spacial score (nSPS) is 10.6. The molecule has 0 aliphatic rings. The second kappa shape index (κ2) is 6.48. The van der Waals surface area contributed by atoms with Gasteiger partial charge in [0.1, 0.15) is 5.82 Å². The minimum absolute atomic E-state index is 0.302. The monoisotopic (exact) mass is 332 g/mol. The molecule has 4 rings (SSSR count). The molecule has 0 saturated carbocycles. The van der Waals surface area contributed by atoms with E-state index in [2.05, 4.69) is 30.8 Å². The lowest BCUT2D eigenvalue weighted by Crippen LogP contribution is -2.02. The zero-order valence-electron chi connectivity index (χ0n) is 13.0. The van der Waals surface area contributed by atoms with Crippen LogP contribution in [0.1, 0.15) is 0 Å². The van der Waals surface area contributed by atoms with Gasteiger partial charge in [-0.1, -0.05) is 18.2 Å². The van der Waals surface area contributed by atoms with E-state index >= 15 is 0 Å². The van der Waals surface area contributed by atoms with Gasteiger partial charge in [-0.3, -0.25) is 4.98 Å². The Bertz CT molecular complexity index is 1010. The molecule has 4 aromatic rings. The number of halogens is 1. The number of fused-ring (bicyclic) bond motifs is 1. The minimum Gasteiger partial charge on any atom is -0.337 e. The van der Waals surface area contributed by atoms with Crippen molar-refractivity contribution in [1.82, 2.24) is 20.2 Å². The maximum absolute atomic E-state index is 13.0. The zero-order valence-corrected chi connectivity index (χ0v) is 13.0. The van der Waals surface area contributed by atoms with Gasteiger partial charge in [0.2, 0.25) is 5.95 Å². The number of aromatic nitrogens is 4. The highest BCUT2D eigenvalue weighted by Gasteiger charge is 2.05. The van der Waals surface area contributed by atoms with Crippen LogP contribution in [0.2, 0.25) is 0 Å². The van der Waals surface area contributed by atoms with Crippen molar-refractivity contribution in [1.29, 1.82) is 0 Å². The fraction of sp³-hybridized carbons (Fsp3) is 0. The highest BCUT2D eigenvalue weighted by atomic mass is 19.1. The average Bonchev–Trinajstić information content (AvgIpc) is 2.64. The number of nitrogens with zero attached hydrogens (tertiary/aromatic N) is 4. The molecule has 0 aliphatic carbocycles. The SMILES string of the molecule is Fc1ccc(Nc2nncc(Nc3cccc4cccnc34)n2)cc1. The van der Waals surface area contributed by atoms with Gasteiger partial charge in [-0.15, -0.1) is 5.10 Å². The van der Waals surface area contributed by atoms with Crippen molar-refractivity contribution < 1.29 is 4.39 Å². The van der Waals surface area contributed by atoms with E-state index in [-0.39, 0.29) is 5.82 Å². The summed E-state index contributed by atoms with van der Waals surface area (Å²) in [5, 5.41) is 15.1. The molecule has 2 aromatic heterocycles. The smallest absolute Gasteiger partial charge is 0.249 e. The van der Waals surface area contributed by atoms with Crippen molar-refractivity contribution in [3.8, 4) is 0 Å². The molecule has 0 aliphatic heterocycles. The third-order valence-electron chi connectivity index (χ3n) is 3.55. The fourth-order valence-corrected chi connectivity index (χ4v) is 2.42. The lowest BCUT2D eigenvalue weighted by molar-refractivity contribution is 0.628. The van der Waals surface area contributed by atoms with Crippen LogP contribution in [0.5, 0.6) is 0 Å². The molecule has 25 heavy (non-hydrogen) atoms. The fourth-order valence-electron chi connectivity index (χ4n) is 2.42. The molecule has 0 saturated heterocycles. The Morgan fingerprint density at radius 1 is 0.880 bits per heavy atom. The third-order valence-corrected chi connectivity index (χ3v) is 3.55. The number of para-hydroxylation sites is 1. The Hall–Kier alpha value is -3.61. The van der Waals surface area contributed by atoms with Crippen LogP contribution in [-0.4, -0.2) is 20.2 Å². The second-order valence-electron chi connectivity index (χ2n) is 5.30. The maximum atomic E-state index is 13.0. The average molecular weight is 332 g/mol. The molecule has 2 aromatic carbocycles. The van der Waals surface area contributed by atoms with Crippen molar-refractivity contribution >= 4 is 34.0 Å². The lowest BCUT2D eigenvalue weighted by Gasteiger charge is -2.09. The van der Waals surface area contributed by atoms with Crippen LogP contribution in [0.3, 0.4) is 0 Å². The maximum Gasteiger partial charge on any atom is 0.249 e. The van der Waals surface area contributed by atoms with Crippen LogP contribution in [0.4, 0.5) is 27.5 Å². The first-order chi connectivity index (χ1) is 12.3. The number of benzene rings is 2. The topological polar surface area (TPSA) is 75.6 Å². The molecule has 2 N–H and O–H groups in total. The van der Waals surface area contributed by atoms with E-state index in [9.17, 15) is 4.39 Å². The predicted molar refractivity (Wildman–Crippen MR) is 94.5 cm³/mol. The summed E-state index contributed by atoms with van der Waals surface area (Å²) in [6, 6.07) is 15.7. The number of nitrogens with one attached hydrogen (secondary N) is 2. The zero-order chi connectivity index (χ0) is 17.1. The van der Waals surface area contributed by atoms with Crippen LogP contribution in [0.25, 0.3) is 10.9 Å². The summed E-state index contributed by atoms with van der Waals surface area (Å²) < 4.78 is 13.0. The summed E-state index contributed by atoms with van der Waals surface area (Å²) in [7, 11) is 0. The number of anilines is 4. The van der Waals surface area contributed by atoms with Crippen LogP contribution >= 0.6 is 0 Å². The predicted octanol–water partition coefficient (Wildman–Crippen LogP) is 4.05. The van der Waals surface area contributed by atoms with E-state index in [1.165, 1.54) is 18.3 Å². The van der Waals surface area contributed by atoms with Gasteiger partial charge >= 0.3 is 0 Å². The highest BCUT2D eigenvalue weighted by molar-refractivity contribution is 5.91. The van der Waals surface area contributed by atoms with E-state index in [0.29, 0.717) is 17.5 Å². The number of pyridine rings is 1. The standard InChI is InChI=1S/C18H13FN6/c19-13-6-8-14(9-7-13)22-18-24-16(11-21-25-18)23-15-5-1-3-12-4-2-10-20-17(12)15/h1-11H,(H2,22,23,24,25). The van der Waals surface area contributed by atoms with E-state index in [1.54, 1.807) is 18.3 Å². The Kier molecular flexibility index (Phi) is 3.88. The second-order valence-corrected chi connectivity index (χ2v) is 5.30. The Balaban J connectivity index is 1.60.